The zero-order valence-electron chi connectivity index (χ0n) is 12.7. The van der Waals surface area contributed by atoms with Crippen LogP contribution >= 0.6 is 15.9 Å². The van der Waals surface area contributed by atoms with E-state index in [9.17, 15) is 4.39 Å². The Kier molecular flexibility index (Phi) is 5.54. The molecular formula is C18H21BrFN. The van der Waals surface area contributed by atoms with E-state index in [4.69, 9.17) is 0 Å². The fourth-order valence-electron chi connectivity index (χ4n) is 2.66. The van der Waals surface area contributed by atoms with Crippen molar-refractivity contribution in [2.45, 2.75) is 33.2 Å². The smallest absolute Gasteiger partial charge is 0.128 e. The van der Waals surface area contributed by atoms with Gasteiger partial charge in [-0.25, -0.2) is 4.39 Å². The molecule has 2 aromatic carbocycles. The molecule has 1 unspecified atom stereocenters. The first kappa shape index (κ1) is 16.2. The van der Waals surface area contributed by atoms with Gasteiger partial charge < -0.3 is 5.32 Å². The lowest BCUT2D eigenvalue weighted by Gasteiger charge is -2.23. The number of nitrogens with one attached hydrogen (secondary N) is 1. The van der Waals surface area contributed by atoms with E-state index in [-0.39, 0.29) is 11.9 Å². The average molecular weight is 350 g/mol. The van der Waals surface area contributed by atoms with Gasteiger partial charge in [0.05, 0.1) is 6.04 Å². The van der Waals surface area contributed by atoms with Gasteiger partial charge in [0.2, 0.25) is 0 Å². The molecule has 1 N–H and O–H groups in total. The number of hydrogen-bond donors (Lipinski definition) is 1. The Labute approximate surface area is 134 Å². The quantitative estimate of drug-likeness (QED) is 0.772. The van der Waals surface area contributed by atoms with Crippen LogP contribution in [0.3, 0.4) is 0 Å². The molecule has 0 saturated heterocycles. The van der Waals surface area contributed by atoms with E-state index in [2.05, 4.69) is 28.2 Å². The van der Waals surface area contributed by atoms with Crippen LogP contribution in [0.15, 0.2) is 40.9 Å². The van der Waals surface area contributed by atoms with E-state index in [1.54, 1.807) is 6.07 Å². The monoisotopic (exact) mass is 349 g/mol. The number of hydrogen-bond acceptors (Lipinski definition) is 1. The van der Waals surface area contributed by atoms with E-state index in [1.165, 1.54) is 0 Å². The van der Waals surface area contributed by atoms with E-state index in [1.807, 2.05) is 44.2 Å². The molecule has 112 valence electrons. The average Bonchev–Trinajstić information content (AvgIpc) is 2.42. The Balaban J connectivity index is 2.54. The lowest BCUT2D eigenvalue weighted by Crippen LogP contribution is -2.25. The van der Waals surface area contributed by atoms with Crippen molar-refractivity contribution in [2.75, 3.05) is 6.54 Å². The van der Waals surface area contributed by atoms with Crippen LogP contribution in [0.25, 0.3) is 0 Å². The summed E-state index contributed by atoms with van der Waals surface area (Å²) in [5.41, 5.74) is 3.74. The maximum atomic E-state index is 14.6. The second-order valence-corrected chi connectivity index (χ2v) is 6.24. The van der Waals surface area contributed by atoms with Gasteiger partial charge in [-0.15, -0.1) is 0 Å². The summed E-state index contributed by atoms with van der Waals surface area (Å²) in [6, 6.07) is 11.5. The lowest BCUT2D eigenvalue weighted by molar-refractivity contribution is 0.542. The minimum atomic E-state index is -0.142. The Morgan fingerprint density at radius 1 is 1.19 bits per heavy atom. The van der Waals surface area contributed by atoms with E-state index < -0.39 is 0 Å². The predicted molar refractivity (Wildman–Crippen MR) is 90.2 cm³/mol. The van der Waals surface area contributed by atoms with Crippen molar-refractivity contribution < 1.29 is 4.39 Å². The van der Waals surface area contributed by atoms with Gasteiger partial charge in [-0.1, -0.05) is 47.1 Å². The molecular weight excluding hydrogens is 329 g/mol. The van der Waals surface area contributed by atoms with Crippen molar-refractivity contribution in [3.05, 3.63) is 68.9 Å². The maximum absolute atomic E-state index is 14.6. The summed E-state index contributed by atoms with van der Waals surface area (Å²) in [7, 11) is 0. The van der Waals surface area contributed by atoms with Gasteiger partial charge in [0.25, 0.3) is 0 Å². The SMILES string of the molecule is CCCNC(c1ccccc1Br)c1c(C)cc(C)cc1F. The number of benzene rings is 2. The van der Waals surface area contributed by atoms with Crippen LogP contribution in [-0.2, 0) is 0 Å². The minimum Gasteiger partial charge on any atom is -0.306 e. The summed E-state index contributed by atoms with van der Waals surface area (Å²) in [5.74, 6) is -0.142. The van der Waals surface area contributed by atoms with Gasteiger partial charge in [0.1, 0.15) is 5.82 Å². The highest BCUT2D eigenvalue weighted by molar-refractivity contribution is 9.10. The molecule has 0 amide bonds. The van der Waals surface area contributed by atoms with Gasteiger partial charge >= 0.3 is 0 Å². The van der Waals surface area contributed by atoms with Crippen LogP contribution in [-0.4, -0.2) is 6.54 Å². The molecule has 0 spiro atoms. The maximum Gasteiger partial charge on any atom is 0.128 e. The summed E-state index contributed by atoms with van der Waals surface area (Å²) in [4.78, 5) is 0. The third-order valence-electron chi connectivity index (χ3n) is 3.58. The van der Waals surface area contributed by atoms with E-state index in [0.29, 0.717) is 0 Å². The van der Waals surface area contributed by atoms with Crippen molar-refractivity contribution in [1.29, 1.82) is 0 Å². The van der Waals surface area contributed by atoms with Crippen molar-refractivity contribution in [2.24, 2.45) is 0 Å². The lowest BCUT2D eigenvalue weighted by atomic mass is 9.93. The molecule has 0 fully saturated rings. The molecule has 0 aliphatic rings. The van der Waals surface area contributed by atoms with Crippen molar-refractivity contribution >= 4 is 15.9 Å². The van der Waals surface area contributed by atoms with Crippen LogP contribution in [0.5, 0.6) is 0 Å². The molecule has 0 aliphatic heterocycles. The Bertz CT molecular complexity index is 601. The topological polar surface area (TPSA) is 12.0 Å². The minimum absolute atomic E-state index is 0.138. The van der Waals surface area contributed by atoms with Gasteiger partial charge in [0, 0.05) is 10.0 Å². The van der Waals surface area contributed by atoms with Crippen LogP contribution < -0.4 is 5.32 Å². The first-order valence-corrected chi connectivity index (χ1v) is 8.08. The molecule has 2 aromatic rings. The first-order chi connectivity index (χ1) is 10.0. The molecule has 0 radical (unpaired) electrons. The van der Waals surface area contributed by atoms with Crippen molar-refractivity contribution in [1.82, 2.24) is 5.32 Å². The van der Waals surface area contributed by atoms with Crippen molar-refractivity contribution in [3.8, 4) is 0 Å². The summed E-state index contributed by atoms with van der Waals surface area (Å²) < 4.78 is 15.5. The number of aryl methyl sites for hydroxylation is 2. The van der Waals surface area contributed by atoms with Crippen LogP contribution in [0.1, 0.15) is 41.6 Å². The molecule has 3 heteroatoms. The number of halogens is 2. The Morgan fingerprint density at radius 2 is 1.90 bits per heavy atom. The fraction of sp³-hybridized carbons (Fsp3) is 0.333. The zero-order chi connectivity index (χ0) is 15.4. The van der Waals surface area contributed by atoms with E-state index in [0.717, 1.165) is 39.7 Å². The molecule has 0 aromatic heterocycles. The highest BCUT2D eigenvalue weighted by atomic mass is 79.9. The first-order valence-electron chi connectivity index (χ1n) is 7.29. The molecule has 0 heterocycles. The van der Waals surface area contributed by atoms with E-state index >= 15 is 0 Å². The molecule has 0 saturated carbocycles. The molecule has 0 bridgehead atoms. The van der Waals surface area contributed by atoms with Crippen molar-refractivity contribution in [3.63, 3.8) is 0 Å². The van der Waals surface area contributed by atoms with Crippen LogP contribution in [0, 0.1) is 19.7 Å². The third kappa shape index (κ3) is 3.72. The summed E-state index contributed by atoms with van der Waals surface area (Å²) in [5, 5.41) is 3.47. The van der Waals surface area contributed by atoms with Crippen LogP contribution in [0.4, 0.5) is 4.39 Å². The zero-order valence-corrected chi connectivity index (χ0v) is 14.3. The summed E-state index contributed by atoms with van der Waals surface area (Å²) in [6.45, 7) is 6.86. The fourth-order valence-corrected chi connectivity index (χ4v) is 3.17. The Hall–Kier alpha value is -1.19. The highest BCUT2D eigenvalue weighted by Gasteiger charge is 2.21. The normalized spacial score (nSPS) is 12.4. The molecule has 2 rings (SSSR count). The third-order valence-corrected chi connectivity index (χ3v) is 4.31. The molecule has 21 heavy (non-hydrogen) atoms. The largest absolute Gasteiger partial charge is 0.306 e. The van der Waals surface area contributed by atoms with Gasteiger partial charge in [0.15, 0.2) is 0 Å². The second kappa shape index (κ2) is 7.19. The van der Waals surface area contributed by atoms with Gasteiger partial charge in [-0.05, 0) is 55.6 Å². The molecule has 0 aliphatic carbocycles. The highest BCUT2D eigenvalue weighted by Crippen LogP contribution is 2.32. The molecule has 1 atom stereocenters. The Morgan fingerprint density at radius 3 is 2.52 bits per heavy atom. The summed E-state index contributed by atoms with van der Waals surface area (Å²) in [6.07, 6.45) is 1.01. The standard InChI is InChI=1S/C18H21BrFN/c1-4-9-21-18(14-7-5-6-8-15(14)19)17-13(3)10-12(2)11-16(17)20/h5-8,10-11,18,21H,4,9H2,1-3H3. The van der Waals surface area contributed by atoms with Gasteiger partial charge in [-0.3, -0.25) is 0 Å². The van der Waals surface area contributed by atoms with Crippen LogP contribution in [0.2, 0.25) is 0 Å². The predicted octanol–water partition coefficient (Wildman–Crippen LogP) is 5.29. The number of rotatable bonds is 5. The molecule has 1 nitrogen and oxygen atoms in total. The second-order valence-electron chi connectivity index (χ2n) is 5.39. The summed E-state index contributed by atoms with van der Waals surface area (Å²) >= 11 is 3.59. The van der Waals surface area contributed by atoms with Gasteiger partial charge in [-0.2, -0.15) is 0 Å².